The number of aryl methyl sites for hydroxylation is 1. The Morgan fingerprint density at radius 3 is 2.42 bits per heavy atom. The van der Waals surface area contributed by atoms with Crippen LogP contribution in [0.1, 0.15) is 11.1 Å². The summed E-state index contributed by atoms with van der Waals surface area (Å²) in [5.41, 5.74) is 1.30. The van der Waals surface area contributed by atoms with E-state index in [0.717, 1.165) is 27.5 Å². The highest BCUT2D eigenvalue weighted by Gasteiger charge is 2.24. The van der Waals surface area contributed by atoms with E-state index in [0.29, 0.717) is 23.1 Å². The fourth-order valence-electron chi connectivity index (χ4n) is 4.04. The van der Waals surface area contributed by atoms with E-state index in [9.17, 15) is 18.8 Å². The van der Waals surface area contributed by atoms with Crippen molar-refractivity contribution in [1.82, 2.24) is 33.6 Å². The first-order chi connectivity index (χ1) is 17.3. The van der Waals surface area contributed by atoms with Crippen LogP contribution < -0.4 is 16.6 Å². The van der Waals surface area contributed by atoms with E-state index in [2.05, 4.69) is 15.5 Å². The molecule has 5 aromatic rings. The Kier molecular flexibility index (Phi) is 6.18. The predicted molar refractivity (Wildman–Crippen MR) is 133 cm³/mol. The van der Waals surface area contributed by atoms with Gasteiger partial charge in [-0.1, -0.05) is 54.2 Å². The van der Waals surface area contributed by atoms with Crippen molar-refractivity contribution in [2.24, 2.45) is 14.1 Å². The second-order valence-corrected chi connectivity index (χ2v) is 9.20. The van der Waals surface area contributed by atoms with Crippen LogP contribution in [0, 0.1) is 5.82 Å². The fraction of sp³-hybridized carbons (Fsp3) is 0.208. The minimum Gasteiger partial charge on any atom is -0.351 e. The molecule has 0 aliphatic heterocycles. The topological polar surface area (TPSA) is 108 Å². The lowest BCUT2D eigenvalue weighted by molar-refractivity contribution is -0.118. The Hall–Kier alpha value is -4.19. The molecule has 184 valence electrons. The molecular formula is C24H22FN7O3S. The lowest BCUT2D eigenvalue weighted by Gasteiger charge is -2.09. The molecular weight excluding hydrogens is 485 g/mol. The van der Waals surface area contributed by atoms with Crippen LogP contribution in [0.15, 0.2) is 69.3 Å². The third kappa shape index (κ3) is 4.19. The molecule has 0 unspecified atom stereocenters. The molecule has 12 heteroatoms. The van der Waals surface area contributed by atoms with Gasteiger partial charge in [0.25, 0.3) is 5.56 Å². The van der Waals surface area contributed by atoms with Gasteiger partial charge in [0.2, 0.25) is 11.7 Å². The van der Waals surface area contributed by atoms with Crippen molar-refractivity contribution in [3.05, 3.63) is 92.4 Å². The van der Waals surface area contributed by atoms with Crippen LogP contribution in [0.5, 0.6) is 0 Å². The Morgan fingerprint density at radius 1 is 0.972 bits per heavy atom. The summed E-state index contributed by atoms with van der Waals surface area (Å²) in [6.45, 7) is 0.628. The van der Waals surface area contributed by atoms with Crippen LogP contribution in [0.2, 0.25) is 0 Å². The average Bonchev–Trinajstić information content (AvgIpc) is 3.44. The van der Waals surface area contributed by atoms with Crippen molar-refractivity contribution < 1.29 is 9.18 Å². The summed E-state index contributed by atoms with van der Waals surface area (Å²) in [5.74, 6) is -0.172. The number of carbonyl (C=O) groups excluding carboxylic acids is 1. The molecule has 0 aliphatic rings. The molecule has 3 aromatic heterocycles. The summed E-state index contributed by atoms with van der Waals surface area (Å²) in [5, 5.41) is 11.7. The van der Waals surface area contributed by atoms with Gasteiger partial charge in [0.05, 0.1) is 12.3 Å². The van der Waals surface area contributed by atoms with Crippen LogP contribution >= 0.6 is 11.8 Å². The van der Waals surface area contributed by atoms with Crippen molar-refractivity contribution in [3.63, 3.8) is 0 Å². The molecule has 0 saturated heterocycles. The van der Waals surface area contributed by atoms with Gasteiger partial charge in [0.1, 0.15) is 11.5 Å². The van der Waals surface area contributed by atoms with Crippen molar-refractivity contribution >= 4 is 34.6 Å². The van der Waals surface area contributed by atoms with E-state index in [1.165, 1.54) is 23.7 Å². The molecule has 0 bridgehead atoms. The molecule has 0 aliphatic carbocycles. The van der Waals surface area contributed by atoms with Crippen molar-refractivity contribution in [3.8, 4) is 0 Å². The van der Waals surface area contributed by atoms with Crippen LogP contribution in [0.25, 0.3) is 16.9 Å². The Labute approximate surface area is 208 Å². The summed E-state index contributed by atoms with van der Waals surface area (Å²) in [6.07, 6.45) is 0. The number of nitrogens with zero attached hydrogens (tertiary/aromatic N) is 6. The summed E-state index contributed by atoms with van der Waals surface area (Å²) in [4.78, 5) is 38.4. The van der Waals surface area contributed by atoms with E-state index in [1.807, 2.05) is 30.3 Å². The lowest BCUT2D eigenvalue weighted by Crippen LogP contribution is -2.37. The number of carbonyl (C=O) groups is 1. The van der Waals surface area contributed by atoms with Crippen LogP contribution in [0.3, 0.4) is 0 Å². The summed E-state index contributed by atoms with van der Waals surface area (Å²) >= 11 is 1.14. The number of imidazole rings is 1. The van der Waals surface area contributed by atoms with E-state index < -0.39 is 11.2 Å². The van der Waals surface area contributed by atoms with E-state index in [1.54, 1.807) is 28.1 Å². The molecule has 1 amide bonds. The Bertz CT molecular complexity index is 1700. The van der Waals surface area contributed by atoms with Gasteiger partial charge >= 0.3 is 5.69 Å². The molecule has 36 heavy (non-hydrogen) atoms. The number of hydrogen-bond acceptors (Lipinski definition) is 6. The standard InChI is InChI=1S/C24H22FN7O3S/c1-29-20-19(21(34)30(2)24(29)35)32-22(31(20)13-16-8-10-17(25)11-9-16)27-28-23(32)36-14-18(33)26-12-15-6-4-3-5-7-15/h3-11H,12-14H2,1-2H3,(H,26,33). The molecule has 0 saturated carbocycles. The third-order valence-electron chi connectivity index (χ3n) is 5.87. The number of rotatable bonds is 7. The highest BCUT2D eigenvalue weighted by Crippen LogP contribution is 2.24. The first kappa shape index (κ1) is 23.5. The smallest absolute Gasteiger partial charge is 0.332 e. The molecule has 0 radical (unpaired) electrons. The maximum absolute atomic E-state index is 13.4. The molecule has 0 atom stereocenters. The van der Waals surface area contributed by atoms with E-state index >= 15 is 0 Å². The normalized spacial score (nSPS) is 11.4. The zero-order valence-corrected chi connectivity index (χ0v) is 20.3. The molecule has 3 heterocycles. The number of fused-ring (bicyclic) bond motifs is 3. The minimum atomic E-state index is -0.508. The van der Waals surface area contributed by atoms with Gasteiger partial charge in [-0.15, -0.1) is 10.2 Å². The first-order valence-corrected chi connectivity index (χ1v) is 12.0. The molecule has 5 rings (SSSR count). The Balaban J connectivity index is 1.53. The second-order valence-electron chi connectivity index (χ2n) is 8.26. The number of thioether (sulfide) groups is 1. The van der Waals surface area contributed by atoms with Gasteiger partial charge in [-0.05, 0) is 23.3 Å². The van der Waals surface area contributed by atoms with Crippen molar-refractivity contribution in [2.75, 3.05) is 5.75 Å². The number of halogens is 1. The molecule has 0 spiro atoms. The molecule has 2 aromatic carbocycles. The summed E-state index contributed by atoms with van der Waals surface area (Å²) < 4.78 is 19.1. The van der Waals surface area contributed by atoms with Crippen molar-refractivity contribution in [2.45, 2.75) is 18.2 Å². The Morgan fingerprint density at radius 2 is 1.69 bits per heavy atom. The molecule has 1 N–H and O–H groups in total. The molecule has 10 nitrogen and oxygen atoms in total. The van der Waals surface area contributed by atoms with Crippen LogP contribution in [-0.4, -0.2) is 40.0 Å². The fourth-order valence-corrected chi connectivity index (χ4v) is 4.80. The van der Waals surface area contributed by atoms with E-state index in [4.69, 9.17) is 0 Å². The van der Waals surface area contributed by atoms with Crippen LogP contribution in [-0.2, 0) is 32.0 Å². The number of benzene rings is 2. The highest BCUT2D eigenvalue weighted by atomic mass is 32.2. The molecule has 0 fully saturated rings. The van der Waals surface area contributed by atoms with Gasteiger partial charge < -0.3 is 5.32 Å². The first-order valence-electron chi connectivity index (χ1n) is 11.1. The number of amides is 1. The number of aromatic nitrogens is 6. The SMILES string of the molecule is Cn1c(=O)c2c(n(C)c1=O)n(Cc1ccc(F)cc1)c1nnc(SCC(=O)NCc3ccccc3)n21. The van der Waals surface area contributed by atoms with Gasteiger partial charge in [-0.2, -0.15) is 0 Å². The number of hydrogen-bond donors (Lipinski definition) is 1. The summed E-state index contributed by atoms with van der Waals surface area (Å²) in [7, 11) is 2.98. The zero-order chi connectivity index (χ0) is 25.4. The number of nitrogens with one attached hydrogen (secondary N) is 1. The average molecular weight is 508 g/mol. The highest BCUT2D eigenvalue weighted by molar-refractivity contribution is 7.99. The maximum Gasteiger partial charge on any atom is 0.332 e. The maximum atomic E-state index is 13.4. The monoisotopic (exact) mass is 507 g/mol. The zero-order valence-electron chi connectivity index (χ0n) is 19.5. The predicted octanol–water partition coefficient (Wildman–Crippen LogP) is 1.68. The van der Waals surface area contributed by atoms with E-state index in [-0.39, 0.29) is 29.5 Å². The summed E-state index contributed by atoms with van der Waals surface area (Å²) in [6, 6.07) is 15.5. The third-order valence-corrected chi connectivity index (χ3v) is 6.80. The second kappa shape index (κ2) is 9.46. The minimum absolute atomic E-state index is 0.0599. The van der Waals surface area contributed by atoms with Crippen LogP contribution in [0.4, 0.5) is 4.39 Å². The van der Waals surface area contributed by atoms with Gasteiger partial charge in [0.15, 0.2) is 10.7 Å². The largest absolute Gasteiger partial charge is 0.351 e. The van der Waals surface area contributed by atoms with Gasteiger partial charge in [-0.25, -0.2) is 13.6 Å². The lowest BCUT2D eigenvalue weighted by atomic mass is 10.2. The quantitative estimate of drug-likeness (QED) is 0.336. The van der Waals surface area contributed by atoms with Gasteiger partial charge in [-0.3, -0.25) is 23.3 Å². The van der Waals surface area contributed by atoms with Gasteiger partial charge in [0, 0.05) is 20.6 Å². The van der Waals surface area contributed by atoms with Crippen molar-refractivity contribution in [1.29, 1.82) is 0 Å².